The van der Waals surface area contributed by atoms with E-state index in [1.54, 1.807) is 33.9 Å². The van der Waals surface area contributed by atoms with E-state index in [1.807, 2.05) is 60.7 Å². The number of methoxy groups -OCH3 is 1. The molecule has 3 aromatic rings. The van der Waals surface area contributed by atoms with Crippen molar-refractivity contribution in [3.8, 4) is 28.1 Å². The van der Waals surface area contributed by atoms with E-state index in [4.69, 9.17) is 18.5 Å². The van der Waals surface area contributed by atoms with E-state index in [2.05, 4.69) is 10.3 Å². The molecule has 13 heteroatoms. The second-order valence-electron chi connectivity index (χ2n) is 10.4. The Morgan fingerprint density at radius 3 is 2.04 bits per heavy atom. The minimum Gasteiger partial charge on any atom is -0.497 e. The highest BCUT2D eigenvalue weighted by atomic mass is 31.2. The maximum atomic E-state index is 13.9. The van der Waals surface area contributed by atoms with Crippen molar-refractivity contribution in [1.29, 1.82) is 0 Å². The van der Waals surface area contributed by atoms with Gasteiger partial charge in [0.25, 0.3) is 5.91 Å². The number of nitrogens with zero attached hydrogens (tertiary/aromatic N) is 3. The molecule has 3 amide bonds. The molecule has 1 saturated heterocycles. The van der Waals surface area contributed by atoms with Crippen molar-refractivity contribution in [3.63, 3.8) is 0 Å². The molecule has 0 unspecified atom stereocenters. The quantitative estimate of drug-likeness (QED) is 0.251. The second kappa shape index (κ2) is 16.4. The van der Waals surface area contributed by atoms with Crippen LogP contribution in [0, 0.1) is 0 Å². The molecule has 4 rings (SSSR count). The number of aromatic nitrogens is 1. The molecule has 1 N–H and O–H groups in total. The van der Waals surface area contributed by atoms with Crippen LogP contribution in [0.15, 0.2) is 66.7 Å². The molecule has 2 aromatic carbocycles. The summed E-state index contributed by atoms with van der Waals surface area (Å²) in [6.07, 6.45) is -0.824. The van der Waals surface area contributed by atoms with Crippen LogP contribution in [0.2, 0.25) is 0 Å². The lowest BCUT2D eigenvalue weighted by Gasteiger charge is -2.36. The van der Waals surface area contributed by atoms with Crippen molar-refractivity contribution in [1.82, 2.24) is 20.1 Å². The molecule has 0 saturated carbocycles. The minimum atomic E-state index is -3.77. The van der Waals surface area contributed by atoms with Crippen molar-refractivity contribution >= 4 is 25.5 Å². The van der Waals surface area contributed by atoms with Crippen LogP contribution in [-0.4, -0.2) is 98.0 Å². The van der Waals surface area contributed by atoms with E-state index in [-0.39, 0.29) is 57.9 Å². The van der Waals surface area contributed by atoms with Crippen LogP contribution in [0.25, 0.3) is 22.4 Å². The molecule has 1 aliphatic heterocycles. The monoisotopic (exact) mass is 652 g/mol. The predicted octanol–water partition coefficient (Wildman–Crippen LogP) is 5.09. The summed E-state index contributed by atoms with van der Waals surface area (Å²) in [5, 5.41) is 2.78. The van der Waals surface area contributed by atoms with Gasteiger partial charge in [0.05, 0.1) is 38.8 Å². The Balaban J connectivity index is 1.66. The topological polar surface area (TPSA) is 137 Å². The van der Waals surface area contributed by atoms with Crippen molar-refractivity contribution in [3.05, 3.63) is 72.4 Å². The van der Waals surface area contributed by atoms with Gasteiger partial charge < -0.3 is 33.6 Å². The maximum absolute atomic E-state index is 13.9. The Bertz CT molecular complexity index is 1520. The summed E-state index contributed by atoms with van der Waals surface area (Å²) in [7, 11) is -2.18. The fraction of sp³-hybridized carbons (Fsp3) is 0.394. The number of amides is 3. The molecular formula is C33H41N4O8P. The lowest BCUT2D eigenvalue weighted by Crippen LogP contribution is -2.57. The Morgan fingerprint density at radius 1 is 0.826 bits per heavy atom. The number of pyridine rings is 1. The highest BCUT2D eigenvalue weighted by Gasteiger charge is 2.37. The summed E-state index contributed by atoms with van der Waals surface area (Å²) >= 11 is 0. The minimum absolute atomic E-state index is 0.0692. The number of benzene rings is 2. The van der Waals surface area contributed by atoms with E-state index < -0.39 is 31.5 Å². The summed E-state index contributed by atoms with van der Waals surface area (Å²) in [5.74, 6) is -0.404. The van der Waals surface area contributed by atoms with Crippen LogP contribution in [0.5, 0.6) is 5.75 Å². The van der Waals surface area contributed by atoms with Gasteiger partial charge in [-0.15, -0.1) is 0 Å². The highest BCUT2D eigenvalue weighted by Crippen LogP contribution is 2.48. The van der Waals surface area contributed by atoms with Gasteiger partial charge in [-0.25, -0.2) is 9.78 Å². The molecule has 12 nitrogen and oxygen atoms in total. The highest BCUT2D eigenvalue weighted by molar-refractivity contribution is 7.54. The number of carbonyl (C=O) groups excluding carboxylic acids is 3. The van der Waals surface area contributed by atoms with Crippen LogP contribution in [0.3, 0.4) is 0 Å². The fourth-order valence-corrected chi connectivity index (χ4v) is 6.84. The van der Waals surface area contributed by atoms with Gasteiger partial charge in [-0.2, -0.15) is 0 Å². The van der Waals surface area contributed by atoms with E-state index in [1.165, 1.54) is 9.80 Å². The third-order valence-corrected chi connectivity index (χ3v) is 9.44. The van der Waals surface area contributed by atoms with Crippen LogP contribution in [0.1, 0.15) is 31.3 Å². The Hall–Kier alpha value is -4.25. The zero-order chi connectivity index (χ0) is 33.1. The summed E-state index contributed by atoms with van der Waals surface area (Å²) in [6.45, 7) is 6.44. The molecule has 0 radical (unpaired) electrons. The Kier molecular flexibility index (Phi) is 12.3. The molecule has 46 heavy (non-hydrogen) atoms. The Morgan fingerprint density at radius 2 is 1.46 bits per heavy atom. The van der Waals surface area contributed by atoms with E-state index in [0.717, 1.165) is 16.7 Å². The van der Waals surface area contributed by atoms with Gasteiger partial charge >= 0.3 is 13.7 Å². The third-order valence-electron chi connectivity index (χ3n) is 7.33. The second-order valence-corrected chi connectivity index (χ2v) is 12.5. The molecule has 1 fully saturated rings. The number of nitrogens with one attached hydrogen (secondary N) is 1. The van der Waals surface area contributed by atoms with Gasteiger partial charge in [-0.05, 0) is 56.2 Å². The van der Waals surface area contributed by atoms with Crippen LogP contribution in [-0.2, 0) is 23.1 Å². The van der Waals surface area contributed by atoms with Gasteiger partial charge in [-0.1, -0.05) is 42.5 Å². The zero-order valence-electron chi connectivity index (χ0n) is 26.6. The molecule has 0 aliphatic carbocycles. The first-order valence-electron chi connectivity index (χ1n) is 15.3. The van der Waals surface area contributed by atoms with E-state index >= 15 is 0 Å². The van der Waals surface area contributed by atoms with Gasteiger partial charge in [0.15, 0.2) is 0 Å². The first-order chi connectivity index (χ1) is 22.2. The van der Waals surface area contributed by atoms with Gasteiger partial charge in [0, 0.05) is 31.7 Å². The molecule has 246 valence electrons. The number of hydrogen-bond acceptors (Lipinski definition) is 9. The molecule has 0 bridgehead atoms. The largest absolute Gasteiger partial charge is 0.497 e. The van der Waals surface area contributed by atoms with Crippen LogP contribution >= 0.6 is 7.60 Å². The van der Waals surface area contributed by atoms with Crippen LogP contribution in [0.4, 0.5) is 4.79 Å². The maximum Gasteiger partial charge on any atom is 0.409 e. The number of piperazine rings is 1. The average Bonchev–Trinajstić information content (AvgIpc) is 3.08. The van der Waals surface area contributed by atoms with Gasteiger partial charge in [-0.3, -0.25) is 14.2 Å². The zero-order valence-corrected chi connectivity index (χ0v) is 27.5. The molecule has 2 heterocycles. The summed E-state index contributed by atoms with van der Waals surface area (Å²) < 4.78 is 35.0. The smallest absolute Gasteiger partial charge is 0.409 e. The van der Waals surface area contributed by atoms with Crippen LogP contribution < -0.4 is 10.1 Å². The summed E-state index contributed by atoms with van der Waals surface area (Å²) in [5.41, 5.74) is 3.00. The number of carbonyl (C=O) groups is 3. The van der Waals surface area contributed by atoms with Gasteiger partial charge in [0.2, 0.25) is 5.91 Å². The number of ether oxygens (including phenoxy) is 2. The molecule has 1 aliphatic rings. The first-order valence-corrected chi connectivity index (χ1v) is 17.0. The molecule has 0 spiro atoms. The van der Waals surface area contributed by atoms with Crippen molar-refractivity contribution in [2.75, 3.05) is 59.3 Å². The summed E-state index contributed by atoms with van der Waals surface area (Å²) in [6, 6.07) is 19.1. The first kappa shape index (κ1) is 34.6. The van der Waals surface area contributed by atoms with Gasteiger partial charge in [0.1, 0.15) is 17.5 Å². The standard InChI is InChI=1S/C33H41N4O8P/c1-5-43-33(40)37-19-17-36(18-20-37)32(39)30(23-46(41,44-6-2)45-7-3)35-31(38)29-22-26(24-13-15-27(42-4)16-14-24)21-28(34-29)25-11-9-8-10-12-25/h8-16,21-22,30H,5-7,17-20,23H2,1-4H3,(H,35,38)/t30-/m0/s1. The third kappa shape index (κ3) is 8.93. The average molecular weight is 653 g/mol. The van der Waals surface area contributed by atoms with Crippen molar-refractivity contribution in [2.24, 2.45) is 0 Å². The SMILES string of the molecule is CCOC(=O)N1CCN(C(=O)[C@H](CP(=O)(OCC)OCC)NC(=O)c2cc(-c3ccc(OC)cc3)cc(-c3ccccc3)n2)CC1. The van der Waals surface area contributed by atoms with E-state index in [0.29, 0.717) is 11.4 Å². The predicted molar refractivity (Wildman–Crippen MR) is 174 cm³/mol. The Labute approximate surface area is 269 Å². The molecule has 1 aromatic heterocycles. The normalized spacial score (nSPS) is 14.0. The molecular weight excluding hydrogens is 611 g/mol. The lowest BCUT2D eigenvalue weighted by atomic mass is 10.0. The fourth-order valence-electron chi connectivity index (χ4n) is 5.08. The summed E-state index contributed by atoms with van der Waals surface area (Å²) in [4.78, 5) is 47.7. The lowest BCUT2D eigenvalue weighted by molar-refractivity contribution is -0.134. The molecule has 1 atom stereocenters. The number of rotatable bonds is 13. The van der Waals surface area contributed by atoms with Crippen molar-refractivity contribution in [2.45, 2.75) is 26.8 Å². The van der Waals surface area contributed by atoms with E-state index in [9.17, 15) is 18.9 Å². The number of hydrogen-bond donors (Lipinski definition) is 1. The van der Waals surface area contributed by atoms with Crippen molar-refractivity contribution < 1.29 is 37.5 Å².